The molecule has 0 aliphatic carbocycles. The molecule has 0 unspecified atom stereocenters. The third kappa shape index (κ3) is 4.91. The van der Waals surface area contributed by atoms with Crippen molar-refractivity contribution in [3.8, 4) is 0 Å². The second-order valence-electron chi connectivity index (χ2n) is 5.65. The van der Waals surface area contributed by atoms with Gasteiger partial charge in [0.15, 0.2) is 0 Å². The molecule has 5 heteroatoms. The minimum Gasteiger partial charge on any atom is -0.338 e. The molecule has 0 fully saturated rings. The van der Waals surface area contributed by atoms with Crippen LogP contribution < -0.4 is 5.32 Å². The number of para-hydroxylation sites is 1. The lowest BCUT2D eigenvalue weighted by Gasteiger charge is -2.21. The highest BCUT2D eigenvalue weighted by atomic mass is 19.1. The van der Waals surface area contributed by atoms with E-state index in [0.717, 1.165) is 11.3 Å². The van der Waals surface area contributed by atoms with Crippen molar-refractivity contribution in [1.29, 1.82) is 0 Å². The van der Waals surface area contributed by atoms with Crippen LogP contribution in [0.1, 0.15) is 24.5 Å². The highest BCUT2D eigenvalue weighted by Crippen LogP contribution is 2.14. The summed E-state index contributed by atoms with van der Waals surface area (Å²) in [6, 6.07) is 13.8. The second kappa shape index (κ2) is 8.24. The summed E-state index contributed by atoms with van der Waals surface area (Å²) in [6.45, 7) is 3.72. The first-order chi connectivity index (χ1) is 11.5. The Bertz CT molecular complexity index is 731. The first-order valence-corrected chi connectivity index (χ1v) is 7.82. The molecule has 2 aromatic rings. The molecule has 2 rings (SSSR count). The molecule has 0 radical (unpaired) electrons. The average molecular weight is 328 g/mol. The van der Waals surface area contributed by atoms with Crippen LogP contribution in [0.2, 0.25) is 0 Å². The Morgan fingerprint density at radius 2 is 1.75 bits per heavy atom. The van der Waals surface area contributed by atoms with Gasteiger partial charge in [-0.25, -0.2) is 4.39 Å². The third-order valence-electron chi connectivity index (χ3n) is 3.79. The van der Waals surface area contributed by atoms with Gasteiger partial charge in [0.1, 0.15) is 5.82 Å². The van der Waals surface area contributed by atoms with Crippen LogP contribution in [0.5, 0.6) is 0 Å². The van der Waals surface area contributed by atoms with Crippen molar-refractivity contribution >= 4 is 17.5 Å². The molecule has 0 saturated carbocycles. The molecule has 0 saturated heterocycles. The summed E-state index contributed by atoms with van der Waals surface area (Å²) in [6.07, 6.45) is 0.155. The van der Waals surface area contributed by atoms with Crippen LogP contribution in [0.4, 0.5) is 10.1 Å². The monoisotopic (exact) mass is 328 g/mol. The lowest BCUT2D eigenvalue weighted by atomic mass is 10.2. The Kier molecular flexibility index (Phi) is 6.07. The zero-order valence-electron chi connectivity index (χ0n) is 13.9. The van der Waals surface area contributed by atoms with E-state index in [1.54, 1.807) is 18.2 Å². The zero-order valence-corrected chi connectivity index (χ0v) is 13.9. The standard InChI is InChI=1S/C19H21FN2O2/c1-14-7-3-6-10-18(14)21-19(24)11-12-22(15(2)23)13-16-8-4-5-9-17(16)20/h3-10H,11-13H2,1-2H3,(H,21,24). The number of rotatable bonds is 6. The molecule has 0 spiro atoms. The minimum atomic E-state index is -0.354. The maximum Gasteiger partial charge on any atom is 0.226 e. The summed E-state index contributed by atoms with van der Waals surface area (Å²) >= 11 is 0. The number of nitrogens with one attached hydrogen (secondary N) is 1. The molecular formula is C19H21FN2O2. The molecule has 0 aromatic heterocycles. The van der Waals surface area contributed by atoms with Gasteiger partial charge in [0.2, 0.25) is 11.8 Å². The predicted octanol–water partition coefficient (Wildman–Crippen LogP) is 3.51. The Balaban J connectivity index is 1.94. The van der Waals surface area contributed by atoms with E-state index in [9.17, 15) is 14.0 Å². The van der Waals surface area contributed by atoms with Crippen molar-refractivity contribution in [2.24, 2.45) is 0 Å². The molecule has 126 valence electrons. The van der Waals surface area contributed by atoms with Gasteiger partial charge >= 0.3 is 0 Å². The van der Waals surface area contributed by atoms with Gasteiger partial charge in [-0.1, -0.05) is 36.4 Å². The molecule has 0 aliphatic rings. The number of hydrogen-bond donors (Lipinski definition) is 1. The topological polar surface area (TPSA) is 49.4 Å². The Labute approximate surface area is 141 Å². The molecule has 1 N–H and O–H groups in total. The van der Waals surface area contributed by atoms with E-state index >= 15 is 0 Å². The van der Waals surface area contributed by atoms with Crippen LogP contribution in [0.25, 0.3) is 0 Å². The number of anilines is 1. The summed E-state index contributed by atoms with van der Waals surface area (Å²) in [5.74, 6) is -0.723. The van der Waals surface area contributed by atoms with Crippen molar-refractivity contribution in [3.05, 3.63) is 65.5 Å². The number of halogens is 1. The minimum absolute atomic E-state index is 0.152. The van der Waals surface area contributed by atoms with E-state index in [1.165, 1.54) is 17.9 Å². The van der Waals surface area contributed by atoms with Gasteiger partial charge in [0.05, 0.1) is 0 Å². The van der Waals surface area contributed by atoms with Crippen molar-refractivity contribution in [3.63, 3.8) is 0 Å². The normalized spacial score (nSPS) is 10.3. The fourth-order valence-electron chi connectivity index (χ4n) is 2.34. The van der Waals surface area contributed by atoms with Gasteiger partial charge in [-0.2, -0.15) is 0 Å². The summed E-state index contributed by atoms with van der Waals surface area (Å²) in [5, 5.41) is 2.83. The Morgan fingerprint density at radius 3 is 2.42 bits per heavy atom. The van der Waals surface area contributed by atoms with Crippen LogP contribution in [0.15, 0.2) is 48.5 Å². The maximum absolute atomic E-state index is 13.7. The quantitative estimate of drug-likeness (QED) is 0.882. The number of nitrogens with zero attached hydrogens (tertiary/aromatic N) is 1. The van der Waals surface area contributed by atoms with Gasteiger partial charge in [0, 0.05) is 37.7 Å². The molecule has 24 heavy (non-hydrogen) atoms. The lowest BCUT2D eigenvalue weighted by molar-refractivity contribution is -0.130. The van der Waals surface area contributed by atoms with Crippen LogP contribution in [0.3, 0.4) is 0 Å². The highest BCUT2D eigenvalue weighted by molar-refractivity contribution is 5.91. The molecule has 0 atom stereocenters. The van der Waals surface area contributed by atoms with E-state index in [4.69, 9.17) is 0 Å². The Morgan fingerprint density at radius 1 is 1.08 bits per heavy atom. The number of benzene rings is 2. The fourth-order valence-corrected chi connectivity index (χ4v) is 2.34. The van der Waals surface area contributed by atoms with E-state index in [0.29, 0.717) is 5.56 Å². The fraction of sp³-hybridized carbons (Fsp3) is 0.263. The van der Waals surface area contributed by atoms with Crippen molar-refractivity contribution in [1.82, 2.24) is 4.90 Å². The van der Waals surface area contributed by atoms with Gasteiger partial charge in [-0.15, -0.1) is 0 Å². The van der Waals surface area contributed by atoms with Crippen LogP contribution in [-0.4, -0.2) is 23.3 Å². The summed E-state index contributed by atoms with van der Waals surface area (Å²) in [7, 11) is 0. The molecule has 4 nitrogen and oxygen atoms in total. The van der Waals surface area contributed by atoms with E-state index in [1.807, 2.05) is 31.2 Å². The largest absolute Gasteiger partial charge is 0.338 e. The first-order valence-electron chi connectivity index (χ1n) is 7.82. The number of hydrogen-bond acceptors (Lipinski definition) is 2. The number of carbonyl (C=O) groups excluding carboxylic acids is 2. The number of aryl methyl sites for hydroxylation is 1. The molecule has 0 heterocycles. The number of carbonyl (C=O) groups is 2. The van der Waals surface area contributed by atoms with Gasteiger partial charge in [0.25, 0.3) is 0 Å². The van der Waals surface area contributed by atoms with E-state index < -0.39 is 0 Å². The summed E-state index contributed by atoms with van der Waals surface area (Å²) < 4.78 is 13.7. The molecule has 2 amide bonds. The zero-order chi connectivity index (χ0) is 17.5. The van der Waals surface area contributed by atoms with Crippen molar-refractivity contribution in [2.45, 2.75) is 26.8 Å². The lowest BCUT2D eigenvalue weighted by Crippen LogP contribution is -2.32. The predicted molar refractivity (Wildman–Crippen MR) is 91.9 cm³/mol. The van der Waals surface area contributed by atoms with Crippen LogP contribution >= 0.6 is 0 Å². The summed E-state index contributed by atoms with van der Waals surface area (Å²) in [5.41, 5.74) is 2.17. The van der Waals surface area contributed by atoms with Crippen molar-refractivity contribution in [2.75, 3.05) is 11.9 Å². The molecule has 2 aromatic carbocycles. The molecular weight excluding hydrogens is 307 g/mol. The van der Waals surface area contributed by atoms with Gasteiger partial charge in [-0.05, 0) is 24.6 Å². The van der Waals surface area contributed by atoms with E-state index in [2.05, 4.69) is 5.32 Å². The van der Waals surface area contributed by atoms with E-state index in [-0.39, 0.29) is 37.1 Å². The van der Waals surface area contributed by atoms with Crippen LogP contribution in [0, 0.1) is 12.7 Å². The average Bonchev–Trinajstić information content (AvgIpc) is 2.55. The highest BCUT2D eigenvalue weighted by Gasteiger charge is 2.14. The number of amides is 2. The maximum atomic E-state index is 13.7. The SMILES string of the molecule is CC(=O)N(CCC(=O)Nc1ccccc1C)Cc1ccccc1F. The van der Waals surface area contributed by atoms with Gasteiger partial charge in [-0.3, -0.25) is 9.59 Å². The first kappa shape index (κ1) is 17.7. The third-order valence-corrected chi connectivity index (χ3v) is 3.79. The summed E-state index contributed by atoms with van der Waals surface area (Å²) in [4.78, 5) is 25.3. The molecule has 0 bridgehead atoms. The molecule has 0 aliphatic heterocycles. The van der Waals surface area contributed by atoms with Crippen LogP contribution in [-0.2, 0) is 16.1 Å². The van der Waals surface area contributed by atoms with Crippen molar-refractivity contribution < 1.29 is 14.0 Å². The smallest absolute Gasteiger partial charge is 0.226 e. The Hall–Kier alpha value is -2.69. The van der Waals surface area contributed by atoms with Gasteiger partial charge < -0.3 is 10.2 Å². The second-order valence-corrected chi connectivity index (χ2v) is 5.65.